The predicted octanol–water partition coefficient (Wildman–Crippen LogP) is 3.96. The number of halogens is 1. The molecule has 1 amide bonds. The summed E-state index contributed by atoms with van der Waals surface area (Å²) in [5.74, 6) is 0.0299. The number of nitrogens with one attached hydrogen (secondary N) is 1. The van der Waals surface area contributed by atoms with E-state index in [0.717, 1.165) is 31.4 Å². The molecule has 2 aromatic carbocycles. The lowest BCUT2D eigenvalue weighted by Crippen LogP contribution is -2.13. The molecule has 0 spiro atoms. The second-order valence-electron chi connectivity index (χ2n) is 5.48. The quantitative estimate of drug-likeness (QED) is 0.768. The van der Waals surface area contributed by atoms with Gasteiger partial charge < -0.3 is 11.1 Å². The number of nitrogens with two attached hydrogens (primary N) is 1. The number of amides is 1. The second-order valence-corrected chi connectivity index (χ2v) is 5.48. The van der Waals surface area contributed by atoms with E-state index in [1.54, 1.807) is 0 Å². The van der Waals surface area contributed by atoms with E-state index in [1.165, 1.54) is 11.1 Å². The first-order valence-electron chi connectivity index (χ1n) is 7.91. The number of rotatable bonds is 8. The van der Waals surface area contributed by atoms with Crippen LogP contribution >= 0.6 is 12.4 Å². The van der Waals surface area contributed by atoms with Gasteiger partial charge >= 0.3 is 0 Å². The summed E-state index contributed by atoms with van der Waals surface area (Å²) in [7, 11) is 0. The van der Waals surface area contributed by atoms with E-state index in [1.807, 2.05) is 18.2 Å². The highest BCUT2D eigenvalue weighted by molar-refractivity contribution is 5.90. The summed E-state index contributed by atoms with van der Waals surface area (Å²) < 4.78 is 0. The van der Waals surface area contributed by atoms with Crippen molar-refractivity contribution in [3.63, 3.8) is 0 Å². The summed E-state index contributed by atoms with van der Waals surface area (Å²) in [6, 6.07) is 18.7. The Bertz CT molecular complexity index is 570. The number of aryl methyl sites for hydroxylation is 2. The van der Waals surface area contributed by atoms with E-state index in [4.69, 9.17) is 5.73 Å². The maximum atomic E-state index is 11.6. The summed E-state index contributed by atoms with van der Waals surface area (Å²) in [5.41, 5.74) is 8.94. The zero-order valence-electron chi connectivity index (χ0n) is 13.3. The average molecular weight is 333 g/mol. The Morgan fingerprint density at radius 1 is 0.870 bits per heavy atom. The highest BCUT2D eigenvalue weighted by Crippen LogP contribution is 2.13. The van der Waals surface area contributed by atoms with Gasteiger partial charge in [-0.05, 0) is 55.5 Å². The van der Waals surface area contributed by atoms with Gasteiger partial charge in [-0.3, -0.25) is 4.79 Å². The van der Waals surface area contributed by atoms with Gasteiger partial charge in [-0.2, -0.15) is 0 Å². The fraction of sp³-hybridized carbons (Fsp3) is 0.316. The van der Waals surface area contributed by atoms with Crippen molar-refractivity contribution in [3.8, 4) is 0 Å². The molecule has 0 aliphatic heterocycles. The van der Waals surface area contributed by atoms with Crippen LogP contribution in [0.15, 0.2) is 54.6 Å². The first kappa shape index (κ1) is 19.2. The Labute approximate surface area is 144 Å². The SMILES string of the molecule is Cl.NCCCC(=O)Nc1ccc(CCCc2ccccc2)cc1. The molecular formula is C19H25ClN2O. The lowest BCUT2D eigenvalue weighted by molar-refractivity contribution is -0.116. The minimum absolute atomic E-state index is 0. The van der Waals surface area contributed by atoms with Crippen LogP contribution in [0.4, 0.5) is 5.69 Å². The Morgan fingerprint density at radius 2 is 1.48 bits per heavy atom. The van der Waals surface area contributed by atoms with Crippen molar-refractivity contribution < 1.29 is 4.79 Å². The Balaban J connectivity index is 0.00000264. The van der Waals surface area contributed by atoms with Crippen molar-refractivity contribution in [3.05, 3.63) is 65.7 Å². The van der Waals surface area contributed by atoms with Crippen molar-refractivity contribution >= 4 is 24.0 Å². The van der Waals surface area contributed by atoms with E-state index in [-0.39, 0.29) is 18.3 Å². The van der Waals surface area contributed by atoms with Gasteiger partial charge in [-0.1, -0.05) is 42.5 Å². The summed E-state index contributed by atoms with van der Waals surface area (Å²) >= 11 is 0. The molecule has 0 saturated carbocycles. The number of hydrogen-bond acceptors (Lipinski definition) is 2. The molecule has 0 bridgehead atoms. The molecule has 0 saturated heterocycles. The molecule has 2 rings (SSSR count). The van der Waals surface area contributed by atoms with Gasteiger partial charge in [0.15, 0.2) is 0 Å². The summed E-state index contributed by atoms with van der Waals surface area (Å²) in [6.07, 6.45) is 4.49. The normalized spacial score (nSPS) is 9.96. The minimum Gasteiger partial charge on any atom is -0.330 e. The molecule has 0 aromatic heterocycles. The van der Waals surface area contributed by atoms with Crippen LogP contribution in [0.1, 0.15) is 30.4 Å². The average Bonchev–Trinajstić information content (AvgIpc) is 2.55. The number of carbonyl (C=O) groups excluding carboxylic acids is 1. The number of carbonyl (C=O) groups is 1. The van der Waals surface area contributed by atoms with E-state index in [9.17, 15) is 4.79 Å². The van der Waals surface area contributed by atoms with Gasteiger partial charge in [0.25, 0.3) is 0 Å². The van der Waals surface area contributed by atoms with Gasteiger partial charge in [0, 0.05) is 12.1 Å². The molecular weight excluding hydrogens is 308 g/mol. The summed E-state index contributed by atoms with van der Waals surface area (Å²) in [4.78, 5) is 11.6. The van der Waals surface area contributed by atoms with Gasteiger partial charge in [-0.25, -0.2) is 0 Å². The van der Waals surface area contributed by atoms with Gasteiger partial charge in [-0.15, -0.1) is 12.4 Å². The molecule has 3 nitrogen and oxygen atoms in total. The van der Waals surface area contributed by atoms with Crippen LogP contribution in [-0.4, -0.2) is 12.5 Å². The zero-order chi connectivity index (χ0) is 15.6. The minimum atomic E-state index is 0. The second kappa shape index (κ2) is 10.8. The molecule has 0 atom stereocenters. The van der Waals surface area contributed by atoms with Gasteiger partial charge in [0.05, 0.1) is 0 Å². The number of benzene rings is 2. The monoisotopic (exact) mass is 332 g/mol. The smallest absolute Gasteiger partial charge is 0.224 e. The maximum absolute atomic E-state index is 11.6. The van der Waals surface area contributed by atoms with Crippen LogP contribution in [-0.2, 0) is 17.6 Å². The Kier molecular flexibility index (Phi) is 9.03. The van der Waals surface area contributed by atoms with Crippen molar-refractivity contribution in [2.75, 3.05) is 11.9 Å². The lowest BCUT2D eigenvalue weighted by Gasteiger charge is -2.06. The molecule has 0 fully saturated rings. The van der Waals surface area contributed by atoms with Crippen LogP contribution < -0.4 is 11.1 Å². The van der Waals surface area contributed by atoms with E-state index in [0.29, 0.717) is 13.0 Å². The Hall–Kier alpha value is -1.84. The molecule has 0 aliphatic carbocycles. The molecule has 0 heterocycles. The van der Waals surface area contributed by atoms with Crippen molar-refractivity contribution in [1.82, 2.24) is 0 Å². The summed E-state index contributed by atoms with van der Waals surface area (Å²) in [6.45, 7) is 0.549. The maximum Gasteiger partial charge on any atom is 0.224 e. The predicted molar refractivity (Wildman–Crippen MR) is 99.1 cm³/mol. The van der Waals surface area contributed by atoms with Gasteiger partial charge in [0.1, 0.15) is 0 Å². The van der Waals surface area contributed by atoms with Crippen molar-refractivity contribution in [2.24, 2.45) is 5.73 Å². The third kappa shape index (κ3) is 7.31. The molecule has 124 valence electrons. The van der Waals surface area contributed by atoms with Crippen molar-refractivity contribution in [1.29, 1.82) is 0 Å². The fourth-order valence-corrected chi connectivity index (χ4v) is 2.38. The molecule has 3 N–H and O–H groups in total. The molecule has 2 aromatic rings. The van der Waals surface area contributed by atoms with Crippen LogP contribution in [0, 0.1) is 0 Å². The van der Waals surface area contributed by atoms with Crippen LogP contribution in [0.5, 0.6) is 0 Å². The van der Waals surface area contributed by atoms with Crippen LogP contribution in [0.25, 0.3) is 0 Å². The van der Waals surface area contributed by atoms with E-state index >= 15 is 0 Å². The highest BCUT2D eigenvalue weighted by atomic mass is 35.5. The largest absolute Gasteiger partial charge is 0.330 e. The standard InChI is InChI=1S/C19H24N2O.ClH/c20-15-5-10-19(22)21-18-13-11-17(12-14-18)9-4-8-16-6-2-1-3-7-16;/h1-3,6-7,11-14H,4-5,8-10,15,20H2,(H,21,22);1H. The number of hydrogen-bond donors (Lipinski definition) is 2. The summed E-state index contributed by atoms with van der Waals surface area (Å²) in [5, 5.41) is 2.89. The number of anilines is 1. The van der Waals surface area contributed by atoms with Crippen LogP contribution in [0.2, 0.25) is 0 Å². The molecule has 0 aliphatic rings. The lowest BCUT2D eigenvalue weighted by atomic mass is 10.0. The molecule has 4 heteroatoms. The van der Waals surface area contributed by atoms with Gasteiger partial charge in [0.2, 0.25) is 5.91 Å². The first-order chi connectivity index (χ1) is 10.8. The third-order valence-electron chi connectivity index (χ3n) is 3.62. The fourth-order valence-electron chi connectivity index (χ4n) is 2.38. The van der Waals surface area contributed by atoms with E-state index in [2.05, 4.69) is 41.7 Å². The van der Waals surface area contributed by atoms with E-state index < -0.39 is 0 Å². The highest BCUT2D eigenvalue weighted by Gasteiger charge is 2.02. The van der Waals surface area contributed by atoms with Crippen LogP contribution in [0.3, 0.4) is 0 Å². The molecule has 0 unspecified atom stereocenters. The Morgan fingerprint density at radius 3 is 2.09 bits per heavy atom. The third-order valence-corrected chi connectivity index (χ3v) is 3.62. The topological polar surface area (TPSA) is 55.1 Å². The van der Waals surface area contributed by atoms with Crippen molar-refractivity contribution in [2.45, 2.75) is 32.1 Å². The zero-order valence-corrected chi connectivity index (χ0v) is 14.1. The first-order valence-corrected chi connectivity index (χ1v) is 7.91. The molecule has 23 heavy (non-hydrogen) atoms. The molecule has 0 radical (unpaired) electrons.